The molecule has 0 aliphatic carbocycles. The maximum atomic E-state index is 12.7. The van der Waals surface area contributed by atoms with Gasteiger partial charge in [0.05, 0.1) is 21.6 Å². The Kier molecular flexibility index (Phi) is 3.69. The van der Waals surface area contributed by atoms with Crippen LogP contribution in [0.3, 0.4) is 0 Å². The summed E-state index contributed by atoms with van der Waals surface area (Å²) in [5, 5.41) is 0. The normalized spacial score (nSPS) is 13.8. The van der Waals surface area contributed by atoms with Gasteiger partial charge in [0.15, 0.2) is 11.5 Å². The molecule has 1 N–H and O–H groups in total. The van der Waals surface area contributed by atoms with Crippen molar-refractivity contribution in [2.45, 2.75) is 4.90 Å². The highest BCUT2D eigenvalue weighted by atomic mass is 32.2. The van der Waals surface area contributed by atoms with E-state index in [0.717, 1.165) is 0 Å². The van der Waals surface area contributed by atoms with E-state index in [9.17, 15) is 13.2 Å². The molecule has 3 aromatic rings. The summed E-state index contributed by atoms with van der Waals surface area (Å²) in [4.78, 5) is 12.1. The second kappa shape index (κ2) is 5.80. The van der Waals surface area contributed by atoms with Gasteiger partial charge in [-0.3, -0.25) is 13.9 Å². The van der Waals surface area contributed by atoms with Crippen molar-refractivity contribution in [2.75, 3.05) is 17.9 Å². The van der Waals surface area contributed by atoms with Crippen LogP contribution in [0, 0.1) is 0 Å². The first-order valence-electron chi connectivity index (χ1n) is 7.95. The third kappa shape index (κ3) is 2.60. The lowest BCUT2D eigenvalue weighted by Crippen LogP contribution is -2.19. The zero-order valence-corrected chi connectivity index (χ0v) is 15.0. The number of anilines is 1. The number of ether oxygens (including phenoxy) is 2. The SMILES string of the molecule is Cn1c(=O)n(C)c2cc(S(=O)(=O)Nc3ccc4c(c3)OCCO4)ccc21. The minimum Gasteiger partial charge on any atom is -0.486 e. The summed E-state index contributed by atoms with van der Waals surface area (Å²) in [5.74, 6) is 1.08. The Labute approximate surface area is 149 Å². The van der Waals surface area contributed by atoms with Gasteiger partial charge in [-0.1, -0.05) is 0 Å². The van der Waals surface area contributed by atoms with Crippen LogP contribution in [0.2, 0.25) is 0 Å². The maximum Gasteiger partial charge on any atom is 0.328 e. The second-order valence-corrected chi connectivity index (χ2v) is 7.70. The molecule has 0 spiro atoms. The Bertz CT molecular complexity index is 1180. The summed E-state index contributed by atoms with van der Waals surface area (Å²) in [6.07, 6.45) is 0. The van der Waals surface area contributed by atoms with E-state index >= 15 is 0 Å². The van der Waals surface area contributed by atoms with Crippen molar-refractivity contribution in [1.82, 2.24) is 9.13 Å². The van der Waals surface area contributed by atoms with E-state index < -0.39 is 10.0 Å². The van der Waals surface area contributed by atoms with Gasteiger partial charge in [-0.05, 0) is 30.3 Å². The van der Waals surface area contributed by atoms with Gasteiger partial charge in [0.1, 0.15) is 13.2 Å². The Morgan fingerprint density at radius 2 is 1.62 bits per heavy atom. The average molecular weight is 375 g/mol. The number of hydrogen-bond donors (Lipinski definition) is 1. The van der Waals surface area contributed by atoms with Crippen LogP contribution >= 0.6 is 0 Å². The molecular weight excluding hydrogens is 358 g/mol. The van der Waals surface area contributed by atoms with Crippen LogP contribution in [0.15, 0.2) is 46.1 Å². The Hall–Kier alpha value is -2.94. The molecule has 0 saturated carbocycles. The molecular formula is C17H17N3O5S. The quantitative estimate of drug-likeness (QED) is 0.748. The van der Waals surface area contributed by atoms with E-state index in [0.29, 0.717) is 41.4 Å². The molecule has 2 heterocycles. The molecule has 8 nitrogen and oxygen atoms in total. The van der Waals surface area contributed by atoms with Crippen LogP contribution in [-0.2, 0) is 24.1 Å². The first-order chi connectivity index (χ1) is 12.4. The van der Waals surface area contributed by atoms with Gasteiger partial charge >= 0.3 is 5.69 Å². The molecule has 1 aliphatic rings. The van der Waals surface area contributed by atoms with Crippen LogP contribution in [0.25, 0.3) is 11.0 Å². The van der Waals surface area contributed by atoms with Crippen molar-refractivity contribution in [3.05, 3.63) is 46.9 Å². The van der Waals surface area contributed by atoms with Gasteiger partial charge in [-0.15, -0.1) is 0 Å². The number of aryl methyl sites for hydroxylation is 2. The zero-order chi connectivity index (χ0) is 18.5. The second-order valence-electron chi connectivity index (χ2n) is 6.02. The lowest BCUT2D eigenvalue weighted by atomic mass is 10.3. The zero-order valence-electron chi connectivity index (χ0n) is 14.2. The molecule has 1 aliphatic heterocycles. The van der Waals surface area contributed by atoms with E-state index in [1.807, 2.05) is 0 Å². The van der Waals surface area contributed by atoms with E-state index in [1.54, 1.807) is 38.4 Å². The number of imidazole rings is 1. The smallest absolute Gasteiger partial charge is 0.328 e. The van der Waals surface area contributed by atoms with Crippen LogP contribution in [0.5, 0.6) is 11.5 Å². The van der Waals surface area contributed by atoms with Crippen molar-refractivity contribution >= 4 is 26.7 Å². The fraction of sp³-hybridized carbons (Fsp3) is 0.235. The summed E-state index contributed by atoms with van der Waals surface area (Å²) >= 11 is 0. The van der Waals surface area contributed by atoms with Gasteiger partial charge in [0, 0.05) is 20.2 Å². The molecule has 0 radical (unpaired) electrons. The fourth-order valence-corrected chi connectivity index (χ4v) is 4.04. The Balaban J connectivity index is 1.72. The summed E-state index contributed by atoms with van der Waals surface area (Å²) in [6, 6.07) is 9.44. The van der Waals surface area contributed by atoms with Crippen molar-refractivity contribution in [1.29, 1.82) is 0 Å². The first-order valence-corrected chi connectivity index (χ1v) is 9.43. The van der Waals surface area contributed by atoms with Crippen LogP contribution in [-0.4, -0.2) is 30.8 Å². The molecule has 0 fully saturated rings. The molecule has 0 atom stereocenters. The number of rotatable bonds is 3. The Morgan fingerprint density at radius 1 is 0.923 bits per heavy atom. The standard InChI is InChI=1S/C17H17N3O5S/c1-19-13-5-4-12(10-14(13)20(2)17(19)21)26(22,23)18-11-3-6-15-16(9-11)25-8-7-24-15/h3-6,9-10,18H,7-8H2,1-2H3. The van der Waals surface area contributed by atoms with E-state index in [2.05, 4.69) is 4.72 Å². The highest BCUT2D eigenvalue weighted by Gasteiger charge is 2.19. The van der Waals surface area contributed by atoms with E-state index in [-0.39, 0.29) is 10.6 Å². The number of fused-ring (bicyclic) bond motifs is 2. The molecule has 136 valence electrons. The minimum absolute atomic E-state index is 0.0705. The van der Waals surface area contributed by atoms with Gasteiger partial charge in [0.25, 0.3) is 10.0 Å². The number of nitrogens with zero attached hydrogens (tertiary/aromatic N) is 2. The molecule has 2 aromatic carbocycles. The van der Waals surface area contributed by atoms with Gasteiger partial charge < -0.3 is 9.47 Å². The average Bonchev–Trinajstić information content (AvgIpc) is 2.85. The lowest BCUT2D eigenvalue weighted by molar-refractivity contribution is 0.171. The third-order valence-corrected chi connectivity index (χ3v) is 5.73. The van der Waals surface area contributed by atoms with Gasteiger partial charge in [-0.2, -0.15) is 0 Å². The topological polar surface area (TPSA) is 91.6 Å². The Morgan fingerprint density at radius 3 is 2.38 bits per heavy atom. The molecule has 0 bridgehead atoms. The monoisotopic (exact) mass is 375 g/mol. The number of aromatic nitrogens is 2. The van der Waals surface area contributed by atoms with Crippen LogP contribution in [0.4, 0.5) is 5.69 Å². The number of benzene rings is 2. The molecule has 1 aromatic heterocycles. The first kappa shape index (κ1) is 16.5. The highest BCUT2D eigenvalue weighted by molar-refractivity contribution is 7.92. The van der Waals surface area contributed by atoms with Crippen molar-refractivity contribution in [3.8, 4) is 11.5 Å². The third-order valence-electron chi connectivity index (χ3n) is 4.35. The summed E-state index contributed by atoms with van der Waals surface area (Å²) < 4.78 is 41.8. The highest BCUT2D eigenvalue weighted by Crippen LogP contribution is 2.33. The predicted molar refractivity (Wildman–Crippen MR) is 96.4 cm³/mol. The van der Waals surface area contributed by atoms with Crippen molar-refractivity contribution in [3.63, 3.8) is 0 Å². The van der Waals surface area contributed by atoms with Gasteiger partial charge in [0.2, 0.25) is 0 Å². The number of hydrogen-bond acceptors (Lipinski definition) is 5. The number of sulfonamides is 1. The minimum atomic E-state index is -3.82. The van der Waals surface area contributed by atoms with E-state index in [1.165, 1.54) is 21.3 Å². The van der Waals surface area contributed by atoms with Crippen LogP contribution in [0.1, 0.15) is 0 Å². The fourth-order valence-electron chi connectivity index (χ4n) is 2.97. The van der Waals surface area contributed by atoms with Crippen molar-refractivity contribution < 1.29 is 17.9 Å². The van der Waals surface area contributed by atoms with Crippen molar-refractivity contribution in [2.24, 2.45) is 14.1 Å². The predicted octanol–water partition coefficient (Wildman–Crippen LogP) is 1.45. The number of nitrogens with one attached hydrogen (secondary N) is 1. The summed E-state index contributed by atoms with van der Waals surface area (Å²) in [6.45, 7) is 0.885. The molecule has 0 amide bonds. The van der Waals surface area contributed by atoms with E-state index in [4.69, 9.17) is 9.47 Å². The summed E-state index contributed by atoms with van der Waals surface area (Å²) in [5.41, 5.74) is 1.36. The molecule has 26 heavy (non-hydrogen) atoms. The lowest BCUT2D eigenvalue weighted by Gasteiger charge is -2.19. The molecule has 4 rings (SSSR count). The van der Waals surface area contributed by atoms with Gasteiger partial charge in [-0.25, -0.2) is 13.2 Å². The van der Waals surface area contributed by atoms with Crippen LogP contribution < -0.4 is 19.9 Å². The molecule has 0 unspecified atom stereocenters. The molecule has 9 heteroatoms. The maximum absolute atomic E-state index is 12.7. The largest absolute Gasteiger partial charge is 0.486 e. The summed E-state index contributed by atoms with van der Waals surface area (Å²) in [7, 11) is -0.571. The molecule has 0 saturated heterocycles.